The SMILES string of the molecule is COC(=O)C(NC(=O)C(N)CC(C)C)c1ccccc1. The first kappa shape index (κ1) is 16.2. The summed E-state index contributed by atoms with van der Waals surface area (Å²) in [6, 6.07) is 7.49. The number of amides is 1. The first-order chi connectivity index (χ1) is 9.45. The molecule has 0 aromatic heterocycles. The number of ether oxygens (including phenoxy) is 1. The molecule has 0 saturated heterocycles. The van der Waals surface area contributed by atoms with Gasteiger partial charge in [0.1, 0.15) is 0 Å². The Bertz CT molecular complexity index is 446. The zero-order chi connectivity index (χ0) is 15.1. The number of nitrogens with one attached hydrogen (secondary N) is 1. The molecule has 0 bridgehead atoms. The van der Waals surface area contributed by atoms with Gasteiger partial charge in [0.15, 0.2) is 6.04 Å². The molecule has 2 unspecified atom stereocenters. The van der Waals surface area contributed by atoms with Crippen molar-refractivity contribution in [3.8, 4) is 0 Å². The molecule has 1 aromatic rings. The van der Waals surface area contributed by atoms with Crippen molar-refractivity contribution in [2.24, 2.45) is 11.7 Å². The molecule has 0 aliphatic heterocycles. The predicted octanol–water partition coefficient (Wildman–Crippen LogP) is 1.39. The standard InChI is InChI=1S/C15H22N2O3/c1-10(2)9-12(16)14(18)17-13(15(19)20-3)11-7-5-4-6-8-11/h4-8,10,12-13H,9,16H2,1-3H3,(H,17,18). The van der Waals surface area contributed by atoms with E-state index in [2.05, 4.69) is 5.32 Å². The van der Waals surface area contributed by atoms with Gasteiger partial charge in [0.2, 0.25) is 5.91 Å². The van der Waals surface area contributed by atoms with Crippen molar-refractivity contribution in [3.63, 3.8) is 0 Å². The largest absolute Gasteiger partial charge is 0.467 e. The molecular formula is C15H22N2O3. The van der Waals surface area contributed by atoms with Gasteiger partial charge in [-0.25, -0.2) is 4.79 Å². The number of nitrogens with two attached hydrogens (primary N) is 1. The Kier molecular flexibility index (Phi) is 6.18. The van der Waals surface area contributed by atoms with E-state index in [0.29, 0.717) is 17.9 Å². The van der Waals surface area contributed by atoms with Crippen molar-refractivity contribution >= 4 is 11.9 Å². The van der Waals surface area contributed by atoms with Crippen LogP contribution in [0.5, 0.6) is 0 Å². The van der Waals surface area contributed by atoms with E-state index in [0.717, 1.165) is 0 Å². The summed E-state index contributed by atoms with van der Waals surface area (Å²) in [5, 5.41) is 2.65. The van der Waals surface area contributed by atoms with E-state index in [1.54, 1.807) is 24.3 Å². The van der Waals surface area contributed by atoms with E-state index >= 15 is 0 Å². The minimum atomic E-state index is -0.827. The summed E-state index contributed by atoms with van der Waals surface area (Å²) in [7, 11) is 1.29. The maximum Gasteiger partial charge on any atom is 0.333 e. The average Bonchev–Trinajstić information content (AvgIpc) is 2.43. The quantitative estimate of drug-likeness (QED) is 0.770. The molecule has 0 spiro atoms. The Hall–Kier alpha value is -1.88. The Morgan fingerprint density at radius 2 is 1.85 bits per heavy atom. The van der Waals surface area contributed by atoms with Gasteiger partial charge in [-0.1, -0.05) is 44.2 Å². The first-order valence-corrected chi connectivity index (χ1v) is 6.64. The molecule has 20 heavy (non-hydrogen) atoms. The van der Waals surface area contributed by atoms with Crippen LogP contribution in [-0.4, -0.2) is 25.0 Å². The molecule has 2 atom stereocenters. The molecule has 1 rings (SSSR count). The van der Waals surface area contributed by atoms with Gasteiger partial charge in [0.25, 0.3) is 0 Å². The number of rotatable bonds is 6. The molecule has 1 amide bonds. The zero-order valence-corrected chi connectivity index (χ0v) is 12.1. The summed E-state index contributed by atoms with van der Waals surface area (Å²) in [4.78, 5) is 23.9. The maximum atomic E-state index is 12.0. The van der Waals surface area contributed by atoms with Gasteiger partial charge in [0, 0.05) is 0 Å². The summed E-state index contributed by atoms with van der Waals surface area (Å²) < 4.78 is 4.73. The number of hydrogen-bond donors (Lipinski definition) is 2. The number of benzene rings is 1. The van der Waals surface area contributed by atoms with E-state index in [1.165, 1.54) is 7.11 Å². The second-order valence-corrected chi connectivity index (χ2v) is 5.11. The lowest BCUT2D eigenvalue weighted by molar-refractivity contribution is -0.145. The van der Waals surface area contributed by atoms with Gasteiger partial charge in [-0.2, -0.15) is 0 Å². The first-order valence-electron chi connectivity index (χ1n) is 6.64. The fourth-order valence-corrected chi connectivity index (χ4v) is 1.91. The van der Waals surface area contributed by atoms with Gasteiger partial charge < -0.3 is 15.8 Å². The van der Waals surface area contributed by atoms with Crippen molar-refractivity contribution in [2.75, 3.05) is 7.11 Å². The Balaban J connectivity index is 2.81. The maximum absolute atomic E-state index is 12.0. The van der Waals surface area contributed by atoms with Crippen LogP contribution < -0.4 is 11.1 Å². The highest BCUT2D eigenvalue weighted by Gasteiger charge is 2.26. The second kappa shape index (κ2) is 7.65. The molecule has 110 valence electrons. The minimum absolute atomic E-state index is 0.309. The molecule has 5 nitrogen and oxygen atoms in total. The normalized spacial score (nSPS) is 13.7. The molecule has 0 heterocycles. The number of hydrogen-bond acceptors (Lipinski definition) is 4. The van der Waals surface area contributed by atoms with Crippen LogP contribution in [0.2, 0.25) is 0 Å². The fourth-order valence-electron chi connectivity index (χ4n) is 1.91. The predicted molar refractivity (Wildman–Crippen MR) is 76.8 cm³/mol. The van der Waals surface area contributed by atoms with Gasteiger partial charge >= 0.3 is 5.97 Å². The van der Waals surface area contributed by atoms with Crippen LogP contribution in [0.3, 0.4) is 0 Å². The van der Waals surface area contributed by atoms with Crippen LogP contribution in [0.1, 0.15) is 31.9 Å². The third-order valence-electron chi connectivity index (χ3n) is 2.92. The van der Waals surface area contributed by atoms with Crippen molar-refractivity contribution < 1.29 is 14.3 Å². The lowest BCUT2D eigenvalue weighted by Crippen LogP contribution is -2.45. The number of carbonyl (C=O) groups excluding carboxylic acids is 2. The molecule has 0 aliphatic carbocycles. The lowest BCUT2D eigenvalue weighted by atomic mass is 10.0. The molecule has 3 N–H and O–H groups in total. The van der Waals surface area contributed by atoms with Crippen LogP contribution in [0, 0.1) is 5.92 Å². The Morgan fingerprint density at radius 1 is 1.25 bits per heavy atom. The smallest absolute Gasteiger partial charge is 0.333 e. The minimum Gasteiger partial charge on any atom is -0.467 e. The van der Waals surface area contributed by atoms with E-state index in [-0.39, 0.29) is 5.91 Å². The highest BCUT2D eigenvalue weighted by Crippen LogP contribution is 2.15. The van der Waals surface area contributed by atoms with Gasteiger partial charge in [0.05, 0.1) is 13.2 Å². The molecule has 1 aromatic carbocycles. The Labute approximate surface area is 119 Å². The van der Waals surface area contributed by atoms with Crippen LogP contribution in [-0.2, 0) is 14.3 Å². The van der Waals surface area contributed by atoms with E-state index in [9.17, 15) is 9.59 Å². The highest BCUT2D eigenvalue weighted by molar-refractivity contribution is 5.88. The molecule has 0 aliphatic rings. The van der Waals surface area contributed by atoms with Crippen molar-refractivity contribution in [3.05, 3.63) is 35.9 Å². The average molecular weight is 278 g/mol. The van der Waals surface area contributed by atoms with Gasteiger partial charge in [-0.3, -0.25) is 4.79 Å². The van der Waals surface area contributed by atoms with Crippen LogP contribution >= 0.6 is 0 Å². The second-order valence-electron chi connectivity index (χ2n) is 5.11. The monoisotopic (exact) mass is 278 g/mol. The van der Waals surface area contributed by atoms with E-state index in [1.807, 2.05) is 19.9 Å². The number of esters is 1. The molecule has 0 fully saturated rings. The summed E-state index contributed by atoms with van der Waals surface area (Å²) in [6.45, 7) is 3.98. The van der Waals surface area contributed by atoms with Crippen molar-refractivity contribution in [2.45, 2.75) is 32.4 Å². The third kappa shape index (κ3) is 4.66. The summed E-state index contributed by atoms with van der Waals surface area (Å²) >= 11 is 0. The number of carbonyl (C=O) groups is 2. The summed E-state index contributed by atoms with van der Waals surface area (Å²) in [5.41, 5.74) is 6.49. The zero-order valence-electron chi connectivity index (χ0n) is 12.1. The highest BCUT2D eigenvalue weighted by atomic mass is 16.5. The topological polar surface area (TPSA) is 81.4 Å². The molecule has 0 saturated carbocycles. The van der Waals surface area contributed by atoms with Crippen LogP contribution in [0.25, 0.3) is 0 Å². The van der Waals surface area contributed by atoms with E-state index < -0.39 is 18.1 Å². The van der Waals surface area contributed by atoms with Crippen LogP contribution in [0.15, 0.2) is 30.3 Å². The van der Waals surface area contributed by atoms with E-state index in [4.69, 9.17) is 10.5 Å². The van der Waals surface area contributed by atoms with Gasteiger partial charge in [-0.15, -0.1) is 0 Å². The third-order valence-corrected chi connectivity index (χ3v) is 2.92. The van der Waals surface area contributed by atoms with Crippen LogP contribution in [0.4, 0.5) is 0 Å². The summed E-state index contributed by atoms with van der Waals surface area (Å²) in [6.07, 6.45) is 0.564. The molecule has 0 radical (unpaired) electrons. The Morgan fingerprint density at radius 3 is 2.35 bits per heavy atom. The van der Waals surface area contributed by atoms with Crippen molar-refractivity contribution in [1.29, 1.82) is 0 Å². The number of methoxy groups -OCH3 is 1. The molecular weight excluding hydrogens is 256 g/mol. The van der Waals surface area contributed by atoms with Crippen molar-refractivity contribution in [1.82, 2.24) is 5.32 Å². The molecule has 5 heteroatoms. The lowest BCUT2D eigenvalue weighted by Gasteiger charge is -2.20. The van der Waals surface area contributed by atoms with Gasteiger partial charge in [-0.05, 0) is 17.9 Å². The summed E-state index contributed by atoms with van der Waals surface area (Å²) in [5.74, 6) is -0.552. The fraction of sp³-hybridized carbons (Fsp3) is 0.467.